The number of aromatic nitrogens is 1. The molecule has 0 bridgehead atoms. The van der Waals surface area contributed by atoms with Crippen LogP contribution in [0.4, 0.5) is 4.79 Å². The normalized spacial score (nSPS) is 11.9. The molecule has 0 saturated carbocycles. The number of nitrogens with one attached hydrogen (secondary N) is 2. The Morgan fingerprint density at radius 3 is 2.95 bits per heavy atom. The lowest BCUT2D eigenvalue weighted by atomic mass is 10.2. The highest BCUT2D eigenvalue weighted by molar-refractivity contribution is 6.29. The molecule has 0 spiro atoms. The van der Waals surface area contributed by atoms with Crippen molar-refractivity contribution < 1.29 is 9.90 Å². The summed E-state index contributed by atoms with van der Waals surface area (Å²) in [6, 6.07) is 3.49. The van der Waals surface area contributed by atoms with Gasteiger partial charge in [0, 0.05) is 25.4 Å². The van der Waals surface area contributed by atoms with Crippen LogP contribution in [-0.4, -0.2) is 35.3 Å². The van der Waals surface area contributed by atoms with Gasteiger partial charge in [-0.25, -0.2) is 9.78 Å². The van der Waals surface area contributed by atoms with Crippen LogP contribution in [0.5, 0.6) is 0 Å². The second kappa shape index (κ2) is 8.72. The zero-order valence-electron chi connectivity index (χ0n) is 11.0. The summed E-state index contributed by atoms with van der Waals surface area (Å²) in [6.07, 6.45) is 3.87. The molecule has 6 heteroatoms. The van der Waals surface area contributed by atoms with E-state index in [-0.39, 0.29) is 18.7 Å². The topological polar surface area (TPSA) is 74.2 Å². The third-order valence-electron chi connectivity index (χ3n) is 2.66. The summed E-state index contributed by atoms with van der Waals surface area (Å²) >= 11 is 5.69. The van der Waals surface area contributed by atoms with Crippen LogP contribution in [-0.2, 0) is 6.42 Å². The molecular weight excluding hydrogens is 266 g/mol. The van der Waals surface area contributed by atoms with Gasteiger partial charge >= 0.3 is 6.03 Å². The first-order valence-electron chi connectivity index (χ1n) is 6.37. The largest absolute Gasteiger partial charge is 0.396 e. The zero-order valence-corrected chi connectivity index (χ0v) is 11.8. The van der Waals surface area contributed by atoms with Crippen LogP contribution in [0.15, 0.2) is 18.3 Å². The predicted molar refractivity (Wildman–Crippen MR) is 75.3 cm³/mol. The van der Waals surface area contributed by atoms with Gasteiger partial charge in [-0.3, -0.25) is 0 Å². The van der Waals surface area contributed by atoms with Gasteiger partial charge in [-0.05, 0) is 37.8 Å². The Labute approximate surface area is 118 Å². The number of amides is 2. The van der Waals surface area contributed by atoms with E-state index in [0.29, 0.717) is 24.5 Å². The molecule has 3 N–H and O–H groups in total. The third kappa shape index (κ3) is 6.98. The van der Waals surface area contributed by atoms with Gasteiger partial charge in [0.25, 0.3) is 0 Å². The maximum Gasteiger partial charge on any atom is 0.315 e. The average molecular weight is 286 g/mol. The van der Waals surface area contributed by atoms with E-state index in [2.05, 4.69) is 15.6 Å². The third-order valence-corrected chi connectivity index (χ3v) is 2.88. The molecule has 0 radical (unpaired) electrons. The Morgan fingerprint density at radius 2 is 2.32 bits per heavy atom. The van der Waals surface area contributed by atoms with Crippen LogP contribution >= 0.6 is 11.6 Å². The van der Waals surface area contributed by atoms with Crippen molar-refractivity contribution in [3.8, 4) is 0 Å². The van der Waals surface area contributed by atoms with Crippen LogP contribution < -0.4 is 10.6 Å². The lowest BCUT2D eigenvalue weighted by Crippen LogP contribution is -2.41. The second-order valence-corrected chi connectivity index (χ2v) is 4.79. The van der Waals surface area contributed by atoms with Crippen LogP contribution in [0, 0.1) is 0 Å². The van der Waals surface area contributed by atoms with Crippen LogP contribution in [0.1, 0.15) is 25.3 Å². The fourth-order valence-electron chi connectivity index (χ4n) is 1.62. The highest BCUT2D eigenvalue weighted by Gasteiger charge is 2.05. The van der Waals surface area contributed by atoms with Crippen molar-refractivity contribution in [2.24, 2.45) is 0 Å². The molecule has 0 saturated heterocycles. The zero-order chi connectivity index (χ0) is 14.1. The van der Waals surface area contributed by atoms with E-state index in [1.54, 1.807) is 12.3 Å². The summed E-state index contributed by atoms with van der Waals surface area (Å²) in [5.41, 5.74) is 1.03. The summed E-state index contributed by atoms with van der Waals surface area (Å²) in [5.74, 6) is 0. The van der Waals surface area contributed by atoms with Crippen molar-refractivity contribution in [1.29, 1.82) is 0 Å². The molecular formula is C13H20ClN3O2. The van der Waals surface area contributed by atoms with Gasteiger partial charge in [-0.1, -0.05) is 17.7 Å². The molecule has 5 nitrogen and oxygen atoms in total. The Hall–Kier alpha value is -1.33. The second-order valence-electron chi connectivity index (χ2n) is 4.41. The number of rotatable bonds is 7. The van der Waals surface area contributed by atoms with Crippen molar-refractivity contribution in [2.75, 3.05) is 13.2 Å². The number of urea groups is 1. The molecule has 2 amide bonds. The van der Waals surface area contributed by atoms with Crippen molar-refractivity contribution in [1.82, 2.24) is 15.6 Å². The number of carbonyl (C=O) groups excluding carboxylic acids is 1. The molecule has 1 unspecified atom stereocenters. The summed E-state index contributed by atoms with van der Waals surface area (Å²) in [4.78, 5) is 15.5. The molecule has 1 aromatic heterocycles. The molecule has 1 rings (SSSR count). The number of pyridine rings is 1. The van der Waals surface area contributed by atoms with E-state index in [0.717, 1.165) is 12.0 Å². The van der Waals surface area contributed by atoms with Gasteiger partial charge in [-0.2, -0.15) is 0 Å². The first-order chi connectivity index (χ1) is 9.11. The first-order valence-corrected chi connectivity index (χ1v) is 6.75. The van der Waals surface area contributed by atoms with Crippen molar-refractivity contribution >= 4 is 17.6 Å². The fourth-order valence-corrected chi connectivity index (χ4v) is 1.73. The number of aliphatic hydroxyl groups is 1. The first kappa shape index (κ1) is 15.7. The van der Waals surface area contributed by atoms with E-state index in [1.165, 1.54) is 0 Å². The van der Waals surface area contributed by atoms with Gasteiger partial charge in [0.2, 0.25) is 0 Å². The van der Waals surface area contributed by atoms with Gasteiger partial charge in [-0.15, -0.1) is 0 Å². The molecule has 106 valence electrons. The number of carbonyl (C=O) groups is 1. The summed E-state index contributed by atoms with van der Waals surface area (Å²) in [7, 11) is 0. The number of hydrogen-bond acceptors (Lipinski definition) is 3. The highest BCUT2D eigenvalue weighted by atomic mass is 35.5. The molecule has 0 aromatic carbocycles. The minimum Gasteiger partial charge on any atom is -0.396 e. The van der Waals surface area contributed by atoms with E-state index < -0.39 is 0 Å². The Bertz CT molecular complexity index is 384. The standard InChI is InChI=1S/C13H20ClN3O2/c1-10(3-2-8-18)17-13(19)15-7-6-11-4-5-12(14)16-9-11/h4-5,9-10,18H,2-3,6-8H2,1H3,(H2,15,17,19). The van der Waals surface area contributed by atoms with Gasteiger partial charge < -0.3 is 15.7 Å². The molecule has 1 atom stereocenters. The molecule has 0 fully saturated rings. The predicted octanol–water partition coefficient (Wildman–Crippen LogP) is 1.74. The average Bonchev–Trinajstić information content (AvgIpc) is 2.38. The number of hydrogen-bond donors (Lipinski definition) is 3. The lowest BCUT2D eigenvalue weighted by Gasteiger charge is -2.14. The molecule has 0 aliphatic heterocycles. The van der Waals surface area contributed by atoms with Crippen LogP contribution in [0.3, 0.4) is 0 Å². The molecule has 19 heavy (non-hydrogen) atoms. The van der Waals surface area contributed by atoms with E-state index >= 15 is 0 Å². The molecule has 0 aliphatic carbocycles. The Kier molecular flexibility index (Phi) is 7.22. The minimum atomic E-state index is -0.188. The summed E-state index contributed by atoms with van der Waals surface area (Å²) in [6.45, 7) is 2.61. The summed E-state index contributed by atoms with van der Waals surface area (Å²) < 4.78 is 0. The van der Waals surface area contributed by atoms with Crippen molar-refractivity contribution in [3.63, 3.8) is 0 Å². The van der Waals surface area contributed by atoms with Gasteiger partial charge in [0.1, 0.15) is 5.15 Å². The molecule has 1 heterocycles. The monoisotopic (exact) mass is 285 g/mol. The van der Waals surface area contributed by atoms with Crippen LogP contribution in [0.25, 0.3) is 0 Å². The fraction of sp³-hybridized carbons (Fsp3) is 0.538. The van der Waals surface area contributed by atoms with Crippen LogP contribution in [0.2, 0.25) is 5.15 Å². The maximum absolute atomic E-state index is 11.5. The smallest absolute Gasteiger partial charge is 0.315 e. The van der Waals surface area contributed by atoms with Crippen molar-refractivity contribution in [2.45, 2.75) is 32.2 Å². The number of halogens is 1. The lowest BCUT2D eigenvalue weighted by molar-refractivity contribution is 0.234. The number of nitrogens with zero attached hydrogens (tertiary/aromatic N) is 1. The van der Waals surface area contributed by atoms with E-state index in [4.69, 9.17) is 16.7 Å². The Morgan fingerprint density at radius 1 is 1.53 bits per heavy atom. The van der Waals surface area contributed by atoms with E-state index in [1.807, 2.05) is 13.0 Å². The summed E-state index contributed by atoms with van der Waals surface area (Å²) in [5, 5.41) is 14.7. The quantitative estimate of drug-likeness (QED) is 0.668. The van der Waals surface area contributed by atoms with Gasteiger partial charge in [0.05, 0.1) is 0 Å². The minimum absolute atomic E-state index is 0.0596. The molecule has 0 aliphatic rings. The number of aliphatic hydroxyl groups excluding tert-OH is 1. The van der Waals surface area contributed by atoms with Gasteiger partial charge in [0.15, 0.2) is 0 Å². The van der Waals surface area contributed by atoms with Crippen molar-refractivity contribution in [3.05, 3.63) is 29.0 Å². The maximum atomic E-state index is 11.5. The molecule has 1 aromatic rings. The highest BCUT2D eigenvalue weighted by Crippen LogP contribution is 2.05. The van der Waals surface area contributed by atoms with E-state index in [9.17, 15) is 4.79 Å². The Balaban J connectivity index is 2.18. The SMILES string of the molecule is CC(CCCO)NC(=O)NCCc1ccc(Cl)nc1.